The Kier molecular flexibility index (Phi) is 5.45. The van der Waals surface area contributed by atoms with Crippen LogP contribution >= 0.6 is 0 Å². The largest absolute Gasteiger partial charge is 0.376 e. The van der Waals surface area contributed by atoms with Crippen LogP contribution in [0.15, 0.2) is 0 Å². The van der Waals surface area contributed by atoms with Crippen LogP contribution in [0.4, 0.5) is 17.8 Å². The molecule has 10 heteroatoms. The Hall–Kier alpha value is -1.75. The van der Waals surface area contributed by atoms with E-state index in [2.05, 4.69) is 20.3 Å². The maximum Gasteiger partial charge on any atom is 0.235 e. The van der Waals surface area contributed by atoms with E-state index < -0.39 is 26.9 Å². The minimum Gasteiger partial charge on any atom is -0.376 e. The molecule has 0 saturated heterocycles. The first-order chi connectivity index (χ1) is 8.69. The minimum absolute atomic E-state index is 0.0150. The Balaban J connectivity index is 3.15. The van der Waals surface area contributed by atoms with Crippen LogP contribution in [0.25, 0.3) is 0 Å². The van der Waals surface area contributed by atoms with E-state index in [0.29, 0.717) is 0 Å². The Morgan fingerprint density at radius 2 is 1.22 bits per heavy atom. The van der Waals surface area contributed by atoms with Gasteiger partial charge in [-0.1, -0.05) is 0 Å². The van der Waals surface area contributed by atoms with Crippen LogP contribution in [-0.2, 0) is 0 Å². The standard InChI is InChI=1S/C8H16N6O4/c1-9-6-10-7(13(2-15)3-16)12-8(11-6)14(4-17)5-18/h15-18H,2-5H2,1H3,(H,9,10,11,12). The predicted molar refractivity (Wildman–Crippen MR) is 62.7 cm³/mol. The number of aliphatic hydroxyl groups is 4. The number of aromatic nitrogens is 3. The van der Waals surface area contributed by atoms with Gasteiger partial charge in [-0.2, -0.15) is 15.0 Å². The summed E-state index contributed by atoms with van der Waals surface area (Å²) < 4.78 is 0. The summed E-state index contributed by atoms with van der Waals surface area (Å²) in [6, 6.07) is 0. The monoisotopic (exact) mass is 260 g/mol. The summed E-state index contributed by atoms with van der Waals surface area (Å²) in [5.74, 6) is 0.205. The first kappa shape index (κ1) is 14.3. The van der Waals surface area contributed by atoms with E-state index in [9.17, 15) is 0 Å². The number of rotatable bonds is 7. The molecule has 0 radical (unpaired) electrons. The fraction of sp³-hybridized carbons (Fsp3) is 0.625. The normalized spacial score (nSPS) is 10.3. The van der Waals surface area contributed by atoms with Gasteiger partial charge in [0.05, 0.1) is 0 Å². The maximum atomic E-state index is 9.02. The summed E-state index contributed by atoms with van der Waals surface area (Å²) in [5, 5.41) is 38.8. The third kappa shape index (κ3) is 3.13. The van der Waals surface area contributed by atoms with Gasteiger partial charge < -0.3 is 25.7 Å². The summed E-state index contributed by atoms with van der Waals surface area (Å²) in [6.45, 7) is -1.94. The molecule has 0 unspecified atom stereocenters. The van der Waals surface area contributed by atoms with Gasteiger partial charge in [-0.3, -0.25) is 9.80 Å². The lowest BCUT2D eigenvalue weighted by Crippen LogP contribution is -2.31. The predicted octanol–water partition coefficient (Wildman–Crippen LogP) is -2.67. The van der Waals surface area contributed by atoms with Gasteiger partial charge in [0.2, 0.25) is 17.8 Å². The smallest absolute Gasteiger partial charge is 0.235 e. The summed E-state index contributed by atoms with van der Waals surface area (Å²) in [6.07, 6.45) is 0. The molecule has 5 N–H and O–H groups in total. The zero-order chi connectivity index (χ0) is 13.5. The highest BCUT2D eigenvalue weighted by molar-refractivity contribution is 5.44. The van der Waals surface area contributed by atoms with E-state index in [1.165, 1.54) is 0 Å². The van der Waals surface area contributed by atoms with Crippen molar-refractivity contribution in [3.63, 3.8) is 0 Å². The van der Waals surface area contributed by atoms with E-state index in [-0.39, 0.29) is 17.8 Å². The van der Waals surface area contributed by atoms with Crippen LogP contribution in [0.5, 0.6) is 0 Å². The van der Waals surface area contributed by atoms with E-state index in [4.69, 9.17) is 20.4 Å². The molecule has 1 aromatic rings. The van der Waals surface area contributed by atoms with Crippen molar-refractivity contribution in [1.82, 2.24) is 15.0 Å². The summed E-state index contributed by atoms with van der Waals surface area (Å²) in [5.41, 5.74) is 0. The average Bonchev–Trinajstić information content (AvgIpc) is 2.41. The molecule has 102 valence electrons. The molecule has 0 bridgehead atoms. The highest BCUT2D eigenvalue weighted by Crippen LogP contribution is 2.15. The van der Waals surface area contributed by atoms with E-state index in [1.54, 1.807) is 7.05 Å². The van der Waals surface area contributed by atoms with Crippen LogP contribution in [0.3, 0.4) is 0 Å². The first-order valence-corrected chi connectivity index (χ1v) is 5.07. The molecule has 0 aliphatic carbocycles. The Bertz CT molecular complexity index is 340. The van der Waals surface area contributed by atoms with Crippen molar-refractivity contribution in [2.24, 2.45) is 0 Å². The van der Waals surface area contributed by atoms with Gasteiger partial charge in [0.15, 0.2) is 0 Å². The van der Waals surface area contributed by atoms with Gasteiger partial charge in [0, 0.05) is 7.05 Å². The van der Waals surface area contributed by atoms with Crippen molar-refractivity contribution in [2.75, 3.05) is 49.1 Å². The second kappa shape index (κ2) is 6.86. The lowest BCUT2D eigenvalue weighted by molar-refractivity contribution is 0.217. The molecular weight excluding hydrogens is 244 g/mol. The molecular formula is C8H16N6O4. The maximum absolute atomic E-state index is 9.02. The van der Waals surface area contributed by atoms with Gasteiger partial charge in [0.1, 0.15) is 26.9 Å². The number of nitrogens with zero attached hydrogens (tertiary/aromatic N) is 5. The van der Waals surface area contributed by atoms with Gasteiger partial charge >= 0.3 is 0 Å². The van der Waals surface area contributed by atoms with Crippen LogP contribution in [0.1, 0.15) is 0 Å². The molecule has 0 amide bonds. The number of nitrogens with one attached hydrogen (secondary N) is 1. The molecule has 0 fully saturated rings. The van der Waals surface area contributed by atoms with Crippen LogP contribution in [0, 0.1) is 0 Å². The SMILES string of the molecule is CNc1nc(N(CO)CO)nc(N(CO)CO)n1. The molecule has 18 heavy (non-hydrogen) atoms. The molecule has 1 rings (SSSR count). The molecule has 0 aliphatic heterocycles. The van der Waals surface area contributed by atoms with Crippen molar-refractivity contribution in [3.8, 4) is 0 Å². The molecule has 0 aliphatic rings. The lowest BCUT2D eigenvalue weighted by atomic mass is 10.7. The van der Waals surface area contributed by atoms with Crippen LogP contribution < -0.4 is 15.1 Å². The number of hydrogen-bond acceptors (Lipinski definition) is 10. The fourth-order valence-corrected chi connectivity index (χ4v) is 1.09. The fourth-order valence-electron chi connectivity index (χ4n) is 1.09. The number of anilines is 3. The topological polar surface area (TPSA) is 138 Å². The molecule has 0 saturated carbocycles. The third-order valence-electron chi connectivity index (χ3n) is 2.08. The highest BCUT2D eigenvalue weighted by atomic mass is 16.3. The second-order valence-corrected chi connectivity index (χ2v) is 3.15. The summed E-state index contributed by atoms with van der Waals surface area (Å²) >= 11 is 0. The van der Waals surface area contributed by atoms with E-state index in [1.807, 2.05) is 0 Å². The third-order valence-corrected chi connectivity index (χ3v) is 2.08. The Morgan fingerprint density at radius 3 is 1.50 bits per heavy atom. The highest BCUT2D eigenvalue weighted by Gasteiger charge is 2.15. The summed E-state index contributed by atoms with van der Waals surface area (Å²) in [7, 11) is 1.58. The van der Waals surface area contributed by atoms with Gasteiger partial charge in [-0.25, -0.2) is 0 Å². The average molecular weight is 260 g/mol. The quantitative estimate of drug-likeness (QED) is 0.330. The van der Waals surface area contributed by atoms with Gasteiger partial charge in [0.25, 0.3) is 0 Å². The summed E-state index contributed by atoms with van der Waals surface area (Å²) in [4.78, 5) is 13.9. The molecule has 0 spiro atoms. The van der Waals surface area contributed by atoms with Crippen molar-refractivity contribution in [3.05, 3.63) is 0 Å². The van der Waals surface area contributed by atoms with Crippen molar-refractivity contribution < 1.29 is 20.4 Å². The van der Waals surface area contributed by atoms with Gasteiger partial charge in [-0.15, -0.1) is 0 Å². The van der Waals surface area contributed by atoms with E-state index in [0.717, 1.165) is 9.80 Å². The Morgan fingerprint density at radius 1 is 0.833 bits per heavy atom. The molecule has 10 nitrogen and oxygen atoms in total. The zero-order valence-corrected chi connectivity index (χ0v) is 9.85. The number of hydrogen-bond donors (Lipinski definition) is 5. The van der Waals surface area contributed by atoms with Crippen LogP contribution in [0.2, 0.25) is 0 Å². The van der Waals surface area contributed by atoms with Gasteiger partial charge in [-0.05, 0) is 0 Å². The van der Waals surface area contributed by atoms with Crippen molar-refractivity contribution >= 4 is 17.8 Å². The number of aliphatic hydroxyl groups excluding tert-OH is 4. The molecule has 1 heterocycles. The second-order valence-electron chi connectivity index (χ2n) is 3.15. The molecule has 0 aromatic carbocycles. The molecule has 0 atom stereocenters. The molecule has 1 aromatic heterocycles. The first-order valence-electron chi connectivity index (χ1n) is 5.07. The lowest BCUT2D eigenvalue weighted by Gasteiger charge is -2.21. The van der Waals surface area contributed by atoms with Crippen LogP contribution in [-0.4, -0.2) is 69.3 Å². The van der Waals surface area contributed by atoms with Crippen molar-refractivity contribution in [2.45, 2.75) is 0 Å². The minimum atomic E-state index is -0.485. The zero-order valence-electron chi connectivity index (χ0n) is 9.85. The van der Waals surface area contributed by atoms with Crippen molar-refractivity contribution in [1.29, 1.82) is 0 Å². The Labute approximate surface area is 103 Å². The van der Waals surface area contributed by atoms with E-state index >= 15 is 0 Å².